The van der Waals surface area contributed by atoms with Crippen LogP contribution in [0.5, 0.6) is 5.75 Å². The van der Waals surface area contributed by atoms with Gasteiger partial charge in [-0.3, -0.25) is 9.59 Å². The third-order valence-electron chi connectivity index (χ3n) is 4.74. The van der Waals surface area contributed by atoms with Crippen molar-refractivity contribution in [3.8, 4) is 5.75 Å². The van der Waals surface area contributed by atoms with Crippen molar-refractivity contribution in [1.29, 1.82) is 0 Å². The summed E-state index contributed by atoms with van der Waals surface area (Å²) in [5, 5.41) is 2.84. The van der Waals surface area contributed by atoms with Gasteiger partial charge in [0.05, 0.1) is 25.1 Å². The molecule has 0 aromatic heterocycles. The van der Waals surface area contributed by atoms with Crippen LogP contribution in [0.15, 0.2) is 42.5 Å². The maximum Gasteiger partial charge on any atom is 0.227 e. The number of anilines is 1. The molecule has 2 heterocycles. The lowest BCUT2D eigenvalue weighted by Gasteiger charge is -2.29. The van der Waals surface area contributed by atoms with Crippen molar-refractivity contribution in [1.82, 2.24) is 4.90 Å². The molecule has 2 aromatic carbocycles. The lowest BCUT2D eigenvalue weighted by atomic mass is 9.99. The second-order valence-corrected chi connectivity index (χ2v) is 6.49. The Labute approximate surface area is 146 Å². The molecule has 2 aromatic rings. The number of carbonyl (C=O) groups excluding carboxylic acids is 2. The van der Waals surface area contributed by atoms with Gasteiger partial charge in [0.2, 0.25) is 11.8 Å². The van der Waals surface area contributed by atoms with E-state index in [0.717, 1.165) is 18.5 Å². The highest BCUT2D eigenvalue weighted by molar-refractivity contribution is 5.93. The van der Waals surface area contributed by atoms with Crippen LogP contribution in [0.4, 0.5) is 5.69 Å². The molecule has 0 radical (unpaired) electrons. The van der Waals surface area contributed by atoms with E-state index in [9.17, 15) is 9.59 Å². The Morgan fingerprint density at radius 3 is 2.84 bits per heavy atom. The number of nitrogens with zero attached hydrogens (tertiary/aromatic N) is 1. The van der Waals surface area contributed by atoms with E-state index >= 15 is 0 Å². The SMILES string of the molecule is O=C1CCOc2ccc(CC(=O)N3CCc4ccccc4C3)cc2N1. The van der Waals surface area contributed by atoms with Gasteiger partial charge in [-0.25, -0.2) is 0 Å². The molecule has 5 heteroatoms. The fourth-order valence-electron chi connectivity index (χ4n) is 3.37. The highest BCUT2D eigenvalue weighted by Crippen LogP contribution is 2.28. The van der Waals surface area contributed by atoms with Crippen LogP contribution < -0.4 is 10.1 Å². The number of benzene rings is 2. The number of fused-ring (bicyclic) bond motifs is 2. The average molecular weight is 336 g/mol. The van der Waals surface area contributed by atoms with Crippen LogP contribution in [-0.4, -0.2) is 29.9 Å². The number of hydrogen-bond donors (Lipinski definition) is 1. The van der Waals surface area contributed by atoms with Gasteiger partial charge in [-0.1, -0.05) is 30.3 Å². The van der Waals surface area contributed by atoms with Crippen molar-refractivity contribution in [2.75, 3.05) is 18.5 Å². The van der Waals surface area contributed by atoms with E-state index in [2.05, 4.69) is 17.4 Å². The normalized spacial score (nSPS) is 16.2. The summed E-state index contributed by atoms with van der Waals surface area (Å²) in [5.74, 6) is 0.708. The van der Waals surface area contributed by atoms with E-state index in [1.165, 1.54) is 11.1 Å². The van der Waals surface area contributed by atoms with Crippen LogP contribution >= 0.6 is 0 Å². The predicted molar refractivity (Wildman–Crippen MR) is 94.5 cm³/mol. The van der Waals surface area contributed by atoms with E-state index in [1.54, 1.807) is 0 Å². The Bertz CT molecular complexity index is 831. The summed E-state index contributed by atoms with van der Waals surface area (Å²) in [6.07, 6.45) is 1.57. The summed E-state index contributed by atoms with van der Waals surface area (Å²) >= 11 is 0. The van der Waals surface area contributed by atoms with E-state index < -0.39 is 0 Å². The molecule has 4 rings (SSSR count). The molecule has 2 amide bonds. The summed E-state index contributed by atoms with van der Waals surface area (Å²) in [5.41, 5.74) is 4.09. The molecule has 0 bridgehead atoms. The number of hydrogen-bond acceptors (Lipinski definition) is 3. The highest BCUT2D eigenvalue weighted by atomic mass is 16.5. The quantitative estimate of drug-likeness (QED) is 0.917. The van der Waals surface area contributed by atoms with E-state index in [4.69, 9.17) is 4.74 Å². The Morgan fingerprint density at radius 1 is 1.12 bits per heavy atom. The molecule has 2 aliphatic heterocycles. The van der Waals surface area contributed by atoms with Gasteiger partial charge < -0.3 is 15.0 Å². The van der Waals surface area contributed by atoms with Crippen molar-refractivity contribution in [2.24, 2.45) is 0 Å². The minimum atomic E-state index is -0.0603. The van der Waals surface area contributed by atoms with Gasteiger partial charge in [-0.2, -0.15) is 0 Å². The maximum absolute atomic E-state index is 12.7. The Balaban J connectivity index is 1.47. The average Bonchev–Trinajstić information content (AvgIpc) is 2.81. The van der Waals surface area contributed by atoms with Crippen LogP contribution in [0, 0.1) is 0 Å². The second-order valence-electron chi connectivity index (χ2n) is 6.49. The van der Waals surface area contributed by atoms with Crippen LogP contribution in [0.3, 0.4) is 0 Å². The van der Waals surface area contributed by atoms with E-state index in [1.807, 2.05) is 35.2 Å². The number of nitrogens with one attached hydrogen (secondary N) is 1. The molecule has 0 spiro atoms. The molecule has 0 saturated heterocycles. The molecule has 1 N–H and O–H groups in total. The molecule has 0 saturated carbocycles. The molecule has 25 heavy (non-hydrogen) atoms. The van der Waals surface area contributed by atoms with Gasteiger partial charge in [-0.15, -0.1) is 0 Å². The monoisotopic (exact) mass is 336 g/mol. The van der Waals surface area contributed by atoms with Crippen LogP contribution in [0.25, 0.3) is 0 Å². The standard InChI is InChI=1S/C20H20N2O3/c23-19-8-10-25-18-6-5-14(11-17(18)21-19)12-20(24)22-9-7-15-3-1-2-4-16(15)13-22/h1-6,11H,7-10,12-13H2,(H,21,23). The van der Waals surface area contributed by atoms with Crippen molar-refractivity contribution >= 4 is 17.5 Å². The van der Waals surface area contributed by atoms with E-state index in [-0.39, 0.29) is 11.8 Å². The van der Waals surface area contributed by atoms with Gasteiger partial charge >= 0.3 is 0 Å². The van der Waals surface area contributed by atoms with Gasteiger partial charge in [0.25, 0.3) is 0 Å². The summed E-state index contributed by atoms with van der Waals surface area (Å²) in [6.45, 7) is 1.80. The van der Waals surface area contributed by atoms with Gasteiger partial charge in [0, 0.05) is 13.1 Å². The molecular weight excluding hydrogens is 316 g/mol. The molecule has 0 unspecified atom stereocenters. The molecule has 5 nitrogen and oxygen atoms in total. The fraction of sp³-hybridized carbons (Fsp3) is 0.300. The van der Waals surface area contributed by atoms with Crippen molar-refractivity contribution in [2.45, 2.75) is 25.8 Å². The molecule has 0 fully saturated rings. The first-order chi connectivity index (χ1) is 12.2. The van der Waals surface area contributed by atoms with E-state index in [0.29, 0.717) is 37.4 Å². The second kappa shape index (κ2) is 6.59. The summed E-state index contributed by atoms with van der Waals surface area (Å²) in [4.78, 5) is 26.3. The predicted octanol–water partition coefficient (Wildman–Crippen LogP) is 2.54. The third-order valence-corrected chi connectivity index (χ3v) is 4.74. The van der Waals surface area contributed by atoms with Crippen molar-refractivity contribution in [3.05, 3.63) is 59.2 Å². The van der Waals surface area contributed by atoms with Crippen LogP contribution in [0.1, 0.15) is 23.1 Å². The first-order valence-corrected chi connectivity index (χ1v) is 8.59. The molecule has 128 valence electrons. The highest BCUT2D eigenvalue weighted by Gasteiger charge is 2.21. The zero-order chi connectivity index (χ0) is 17.2. The summed E-state index contributed by atoms with van der Waals surface area (Å²) < 4.78 is 5.56. The Morgan fingerprint density at radius 2 is 1.96 bits per heavy atom. The molecule has 0 atom stereocenters. The Hall–Kier alpha value is -2.82. The Kier molecular flexibility index (Phi) is 4.14. The zero-order valence-electron chi connectivity index (χ0n) is 14.0. The first-order valence-electron chi connectivity index (χ1n) is 8.59. The van der Waals surface area contributed by atoms with Crippen molar-refractivity contribution in [3.63, 3.8) is 0 Å². The maximum atomic E-state index is 12.7. The largest absolute Gasteiger partial charge is 0.491 e. The molecule has 0 aliphatic carbocycles. The molecule has 2 aliphatic rings. The smallest absolute Gasteiger partial charge is 0.227 e. The summed E-state index contributed by atoms with van der Waals surface area (Å²) in [7, 11) is 0. The summed E-state index contributed by atoms with van der Waals surface area (Å²) in [6, 6.07) is 13.8. The third kappa shape index (κ3) is 3.36. The number of ether oxygens (including phenoxy) is 1. The first kappa shape index (κ1) is 15.7. The lowest BCUT2D eigenvalue weighted by molar-refractivity contribution is -0.131. The molecular formula is C20H20N2O3. The fourth-order valence-corrected chi connectivity index (χ4v) is 3.37. The lowest BCUT2D eigenvalue weighted by Crippen LogP contribution is -2.36. The van der Waals surface area contributed by atoms with Gasteiger partial charge in [-0.05, 0) is 35.2 Å². The number of rotatable bonds is 2. The number of amides is 2. The zero-order valence-corrected chi connectivity index (χ0v) is 14.0. The van der Waals surface area contributed by atoms with Gasteiger partial charge in [0.15, 0.2) is 0 Å². The minimum absolute atomic E-state index is 0.0603. The van der Waals surface area contributed by atoms with Crippen LogP contribution in [-0.2, 0) is 29.0 Å². The topological polar surface area (TPSA) is 58.6 Å². The van der Waals surface area contributed by atoms with Crippen molar-refractivity contribution < 1.29 is 14.3 Å². The minimum Gasteiger partial charge on any atom is -0.491 e. The number of carbonyl (C=O) groups is 2. The van der Waals surface area contributed by atoms with Gasteiger partial charge in [0.1, 0.15) is 5.75 Å². The van der Waals surface area contributed by atoms with Crippen LogP contribution in [0.2, 0.25) is 0 Å².